The maximum atomic E-state index is 7.07. The Morgan fingerprint density at radius 2 is 0.840 bits per heavy atom. The number of rotatable bonds is 2. The Morgan fingerprint density at radius 3 is 1.24 bits per heavy atom. The predicted molar refractivity (Wildman–Crippen MR) is 115 cm³/mol. The van der Waals surface area contributed by atoms with Gasteiger partial charge in [0.25, 0.3) is 0 Å². The molecule has 4 aromatic rings. The summed E-state index contributed by atoms with van der Waals surface area (Å²) in [6.07, 6.45) is 0. The molecule has 0 unspecified atom stereocenters. The monoisotopic (exact) mass is 420 g/mol. The van der Waals surface area contributed by atoms with E-state index in [1.165, 1.54) is 0 Å². The molecule has 0 heterocycles. The van der Waals surface area contributed by atoms with Crippen LogP contribution in [-0.4, -0.2) is 6.69 Å². The number of benzene rings is 4. The average molecular weight is 422 g/mol. The highest BCUT2D eigenvalue weighted by molar-refractivity contribution is 7.57. The third kappa shape index (κ3) is 2.85. The molecule has 0 aliphatic heterocycles. The van der Waals surface area contributed by atoms with Gasteiger partial charge in [0.2, 0.25) is 0 Å². The molecular formula is C20H12Cl4Si. The van der Waals surface area contributed by atoms with Gasteiger partial charge in [-0.1, -0.05) is 83.9 Å². The van der Waals surface area contributed by atoms with Crippen molar-refractivity contribution in [2.45, 2.75) is 0 Å². The molecule has 0 saturated carbocycles. The topological polar surface area (TPSA) is 0 Å². The SMILES string of the molecule is Clc1ccc([Si](Cl)(Cl)c2ccc(Cl)c3ccccc23)c2ccccc12. The lowest BCUT2D eigenvalue weighted by Crippen LogP contribution is -2.49. The van der Waals surface area contributed by atoms with Crippen molar-refractivity contribution in [1.82, 2.24) is 0 Å². The Balaban J connectivity index is 2.04. The summed E-state index contributed by atoms with van der Waals surface area (Å²) in [5.41, 5.74) is 0. The van der Waals surface area contributed by atoms with E-state index < -0.39 is 6.69 Å². The van der Waals surface area contributed by atoms with E-state index in [0.29, 0.717) is 10.0 Å². The van der Waals surface area contributed by atoms with E-state index >= 15 is 0 Å². The summed E-state index contributed by atoms with van der Waals surface area (Å²) in [6.45, 7) is -3.00. The summed E-state index contributed by atoms with van der Waals surface area (Å²) in [7, 11) is 0. The van der Waals surface area contributed by atoms with Gasteiger partial charge >= 0.3 is 6.69 Å². The zero-order chi connectivity index (χ0) is 17.6. The molecule has 4 rings (SSSR count). The minimum atomic E-state index is -3.00. The Morgan fingerprint density at radius 1 is 0.480 bits per heavy atom. The molecule has 4 aromatic carbocycles. The van der Waals surface area contributed by atoms with Gasteiger partial charge in [-0.15, -0.1) is 22.2 Å². The van der Waals surface area contributed by atoms with Gasteiger partial charge in [0.15, 0.2) is 0 Å². The highest BCUT2D eigenvalue weighted by Crippen LogP contribution is 2.30. The van der Waals surface area contributed by atoms with Crippen LogP contribution in [-0.2, 0) is 0 Å². The van der Waals surface area contributed by atoms with Crippen molar-refractivity contribution in [3.05, 3.63) is 82.8 Å². The highest BCUT2D eigenvalue weighted by Gasteiger charge is 2.37. The molecule has 0 aliphatic carbocycles. The van der Waals surface area contributed by atoms with Crippen LogP contribution >= 0.6 is 45.4 Å². The second-order valence-corrected chi connectivity index (χ2v) is 12.9. The van der Waals surface area contributed by atoms with Gasteiger partial charge in [0, 0.05) is 20.8 Å². The molecule has 0 aromatic heterocycles. The normalized spacial score (nSPS) is 12.0. The molecule has 25 heavy (non-hydrogen) atoms. The highest BCUT2D eigenvalue weighted by atomic mass is 35.7. The third-order valence-corrected chi connectivity index (χ3v) is 9.75. The van der Waals surface area contributed by atoms with Crippen LogP contribution in [0.3, 0.4) is 0 Å². The first-order chi connectivity index (χ1) is 12.0. The second kappa shape index (κ2) is 6.50. The van der Waals surface area contributed by atoms with Gasteiger partial charge in [0.1, 0.15) is 0 Å². The number of halogens is 4. The smallest absolute Gasteiger partial charge is 0.134 e. The minimum Gasteiger partial charge on any atom is -0.134 e. The van der Waals surface area contributed by atoms with E-state index in [0.717, 1.165) is 31.9 Å². The molecule has 0 atom stereocenters. The zero-order valence-electron chi connectivity index (χ0n) is 12.9. The molecule has 0 aliphatic rings. The van der Waals surface area contributed by atoms with E-state index in [-0.39, 0.29) is 0 Å². The van der Waals surface area contributed by atoms with Crippen LogP contribution < -0.4 is 10.4 Å². The molecule has 0 bridgehead atoms. The Hall–Kier alpha value is -1.22. The predicted octanol–water partition coefficient (Wildman–Crippen LogP) is 6.33. The van der Waals surface area contributed by atoms with Crippen molar-refractivity contribution in [1.29, 1.82) is 0 Å². The van der Waals surface area contributed by atoms with Crippen LogP contribution in [0.2, 0.25) is 10.0 Å². The van der Waals surface area contributed by atoms with Gasteiger partial charge in [-0.05, 0) is 33.3 Å². The first-order valence-electron chi connectivity index (χ1n) is 7.73. The number of fused-ring (bicyclic) bond motifs is 2. The van der Waals surface area contributed by atoms with Crippen LogP contribution in [0.1, 0.15) is 0 Å². The van der Waals surface area contributed by atoms with E-state index in [1.807, 2.05) is 72.8 Å². The molecule has 0 nitrogen and oxygen atoms in total. The average Bonchev–Trinajstić information content (AvgIpc) is 2.62. The van der Waals surface area contributed by atoms with Crippen LogP contribution in [0.15, 0.2) is 72.8 Å². The zero-order valence-corrected chi connectivity index (χ0v) is 17.0. The lowest BCUT2D eigenvalue weighted by Gasteiger charge is -2.22. The minimum absolute atomic E-state index is 0.693. The lowest BCUT2D eigenvalue weighted by molar-refractivity contribution is 1.76. The third-order valence-electron chi connectivity index (χ3n) is 4.42. The molecule has 5 heteroatoms. The fourth-order valence-electron chi connectivity index (χ4n) is 3.22. The quantitative estimate of drug-likeness (QED) is 0.262. The number of hydrogen-bond donors (Lipinski definition) is 0. The summed E-state index contributed by atoms with van der Waals surface area (Å²) in [5, 5.41) is 7.15. The van der Waals surface area contributed by atoms with Gasteiger partial charge in [0.05, 0.1) is 0 Å². The van der Waals surface area contributed by atoms with E-state index in [2.05, 4.69) is 0 Å². The van der Waals surface area contributed by atoms with Crippen molar-refractivity contribution in [3.8, 4) is 0 Å². The van der Waals surface area contributed by atoms with Gasteiger partial charge < -0.3 is 0 Å². The summed E-state index contributed by atoms with van der Waals surface area (Å²) < 4.78 is 0. The van der Waals surface area contributed by atoms with Crippen LogP contribution in [0, 0.1) is 0 Å². The largest absolute Gasteiger partial charge is 0.311 e. The fourth-order valence-corrected chi connectivity index (χ4v) is 7.64. The first kappa shape index (κ1) is 17.2. The molecule has 0 N–H and O–H groups in total. The maximum Gasteiger partial charge on any atom is 0.311 e. The summed E-state index contributed by atoms with van der Waals surface area (Å²) >= 11 is 26.8. The lowest BCUT2D eigenvalue weighted by atomic mass is 10.1. The van der Waals surface area contributed by atoms with Crippen molar-refractivity contribution >= 4 is 84.0 Å². The fraction of sp³-hybridized carbons (Fsp3) is 0. The molecular weight excluding hydrogens is 410 g/mol. The van der Waals surface area contributed by atoms with Crippen LogP contribution in [0.25, 0.3) is 21.5 Å². The van der Waals surface area contributed by atoms with Gasteiger partial charge in [-0.2, -0.15) is 0 Å². The Labute approximate surface area is 166 Å². The van der Waals surface area contributed by atoms with Crippen molar-refractivity contribution < 1.29 is 0 Å². The molecule has 0 fully saturated rings. The molecule has 0 saturated heterocycles. The first-order valence-corrected chi connectivity index (χ1v) is 12.5. The summed E-state index contributed by atoms with van der Waals surface area (Å²) in [6, 6.07) is 23.5. The standard InChI is InChI=1S/C20H12Cl4Si/c21-17-9-11-19(15-7-3-1-5-13(15)17)25(23,24)20-12-10-18(22)14-6-2-4-8-16(14)20/h1-12H. The van der Waals surface area contributed by atoms with E-state index in [4.69, 9.17) is 45.4 Å². The summed E-state index contributed by atoms with van der Waals surface area (Å²) in [4.78, 5) is 0. The molecule has 0 spiro atoms. The maximum absolute atomic E-state index is 7.07. The van der Waals surface area contributed by atoms with Crippen molar-refractivity contribution in [2.75, 3.05) is 0 Å². The molecule has 124 valence electrons. The second-order valence-electron chi connectivity index (χ2n) is 5.86. The van der Waals surface area contributed by atoms with Crippen molar-refractivity contribution in [3.63, 3.8) is 0 Å². The van der Waals surface area contributed by atoms with E-state index in [9.17, 15) is 0 Å². The Kier molecular flexibility index (Phi) is 4.47. The number of hydrogen-bond acceptors (Lipinski definition) is 0. The van der Waals surface area contributed by atoms with Crippen LogP contribution in [0.5, 0.6) is 0 Å². The summed E-state index contributed by atoms with van der Waals surface area (Å²) in [5.74, 6) is 0. The van der Waals surface area contributed by atoms with Crippen LogP contribution in [0.4, 0.5) is 0 Å². The van der Waals surface area contributed by atoms with Crippen molar-refractivity contribution in [2.24, 2.45) is 0 Å². The molecule has 0 amide bonds. The Bertz CT molecular complexity index is 1020. The van der Waals surface area contributed by atoms with E-state index in [1.54, 1.807) is 0 Å². The van der Waals surface area contributed by atoms with Gasteiger partial charge in [-0.25, -0.2) is 0 Å². The molecule has 0 radical (unpaired) electrons. The van der Waals surface area contributed by atoms with Gasteiger partial charge in [-0.3, -0.25) is 0 Å².